The Labute approximate surface area is 174 Å². The van der Waals surface area contributed by atoms with E-state index in [4.69, 9.17) is 23.2 Å². The third-order valence-electron chi connectivity index (χ3n) is 4.28. The van der Waals surface area contributed by atoms with Crippen molar-refractivity contribution in [2.45, 2.75) is 17.7 Å². The maximum atomic E-state index is 12.6. The maximum Gasteiger partial charge on any atom is 0.261 e. The van der Waals surface area contributed by atoms with Crippen LogP contribution in [0.5, 0.6) is 0 Å². The highest BCUT2D eigenvalue weighted by atomic mass is 35.5. The van der Waals surface area contributed by atoms with Gasteiger partial charge in [-0.15, -0.1) is 0 Å². The molecule has 0 aliphatic rings. The second kappa shape index (κ2) is 8.24. The first kappa shape index (κ1) is 20.2. The van der Waals surface area contributed by atoms with Crippen molar-refractivity contribution >= 4 is 38.9 Å². The van der Waals surface area contributed by atoms with E-state index in [1.165, 1.54) is 18.2 Å². The van der Waals surface area contributed by atoms with Gasteiger partial charge in [0, 0.05) is 10.0 Å². The Balaban J connectivity index is 1.97. The minimum Gasteiger partial charge on any atom is -0.279 e. The quantitative estimate of drug-likeness (QED) is 0.559. The number of halogens is 2. The molecule has 3 aromatic carbocycles. The van der Waals surface area contributed by atoms with Gasteiger partial charge in [-0.25, -0.2) is 8.42 Å². The Bertz CT molecular complexity index is 1140. The van der Waals surface area contributed by atoms with Gasteiger partial charge >= 0.3 is 0 Å². The summed E-state index contributed by atoms with van der Waals surface area (Å²) in [5.74, 6) is -0.594. The number of aryl methyl sites for hydroxylation is 1. The van der Waals surface area contributed by atoms with Crippen LogP contribution in [0, 0.1) is 18.3 Å². The number of anilines is 1. The molecule has 0 saturated heterocycles. The van der Waals surface area contributed by atoms with Crippen molar-refractivity contribution in [1.82, 2.24) is 0 Å². The lowest BCUT2D eigenvalue weighted by Crippen LogP contribution is -2.14. The normalized spacial score (nSPS) is 12.2. The van der Waals surface area contributed by atoms with Gasteiger partial charge in [0.05, 0.1) is 22.6 Å². The molecule has 1 N–H and O–H groups in total. The highest BCUT2D eigenvalue weighted by Gasteiger charge is 2.20. The van der Waals surface area contributed by atoms with E-state index in [0.717, 1.165) is 5.56 Å². The molecule has 4 nitrogen and oxygen atoms in total. The fraction of sp³-hybridized carbons (Fsp3) is 0.0952. The standard InChI is InChI=1S/C21H16Cl2N2O2S/c1-14-11-18(19(13-24)15-7-9-16(22)10-8-15)20(23)12-21(14)25-28(26,27)17-5-3-2-4-6-17/h2-12,19,25H,1H3. The number of nitrogens with zero attached hydrogens (tertiary/aromatic N) is 1. The van der Waals surface area contributed by atoms with Crippen molar-refractivity contribution < 1.29 is 8.42 Å². The van der Waals surface area contributed by atoms with E-state index in [0.29, 0.717) is 26.9 Å². The topological polar surface area (TPSA) is 70.0 Å². The van der Waals surface area contributed by atoms with Crippen molar-refractivity contribution in [2.24, 2.45) is 0 Å². The lowest BCUT2D eigenvalue weighted by Gasteiger charge is -2.16. The van der Waals surface area contributed by atoms with E-state index in [9.17, 15) is 13.7 Å². The maximum absolute atomic E-state index is 12.6. The van der Waals surface area contributed by atoms with Crippen LogP contribution in [-0.2, 0) is 10.0 Å². The second-order valence-electron chi connectivity index (χ2n) is 6.22. The number of hydrogen-bond donors (Lipinski definition) is 1. The Morgan fingerprint density at radius 3 is 2.25 bits per heavy atom. The zero-order valence-electron chi connectivity index (χ0n) is 14.9. The molecule has 0 aliphatic heterocycles. The SMILES string of the molecule is Cc1cc(C(C#N)c2ccc(Cl)cc2)c(Cl)cc1NS(=O)(=O)c1ccccc1. The van der Waals surface area contributed by atoms with Crippen LogP contribution < -0.4 is 4.72 Å². The first-order chi connectivity index (χ1) is 13.3. The lowest BCUT2D eigenvalue weighted by molar-refractivity contribution is 0.601. The van der Waals surface area contributed by atoms with E-state index < -0.39 is 15.9 Å². The minimum atomic E-state index is -3.74. The van der Waals surface area contributed by atoms with Gasteiger partial charge in [0.15, 0.2) is 0 Å². The molecule has 3 rings (SSSR count). The van der Waals surface area contributed by atoms with Gasteiger partial charge in [-0.2, -0.15) is 5.26 Å². The van der Waals surface area contributed by atoms with Crippen LogP contribution in [0.25, 0.3) is 0 Å². The number of hydrogen-bond acceptors (Lipinski definition) is 3. The average Bonchev–Trinajstić information content (AvgIpc) is 2.68. The Kier molecular flexibility index (Phi) is 5.95. The molecule has 0 aliphatic carbocycles. The molecule has 0 fully saturated rings. The van der Waals surface area contributed by atoms with Crippen LogP contribution in [0.3, 0.4) is 0 Å². The van der Waals surface area contributed by atoms with Crippen molar-refractivity contribution in [3.63, 3.8) is 0 Å². The first-order valence-electron chi connectivity index (χ1n) is 8.35. The Hall–Kier alpha value is -2.52. The van der Waals surface area contributed by atoms with Crippen LogP contribution in [0.2, 0.25) is 10.0 Å². The average molecular weight is 431 g/mol. The molecular weight excluding hydrogens is 415 g/mol. The van der Waals surface area contributed by atoms with Gasteiger partial charge in [0.1, 0.15) is 0 Å². The smallest absolute Gasteiger partial charge is 0.261 e. The van der Waals surface area contributed by atoms with E-state index in [-0.39, 0.29) is 4.90 Å². The van der Waals surface area contributed by atoms with Gasteiger partial charge in [0.25, 0.3) is 10.0 Å². The van der Waals surface area contributed by atoms with E-state index in [1.54, 1.807) is 55.5 Å². The van der Waals surface area contributed by atoms with Crippen LogP contribution in [-0.4, -0.2) is 8.42 Å². The molecule has 0 radical (unpaired) electrons. The summed E-state index contributed by atoms with van der Waals surface area (Å²) in [5, 5.41) is 10.5. The summed E-state index contributed by atoms with van der Waals surface area (Å²) in [4.78, 5) is 0.158. The van der Waals surface area contributed by atoms with E-state index in [2.05, 4.69) is 10.8 Å². The number of benzene rings is 3. The largest absolute Gasteiger partial charge is 0.279 e. The van der Waals surface area contributed by atoms with E-state index >= 15 is 0 Å². The zero-order valence-corrected chi connectivity index (χ0v) is 17.2. The molecule has 142 valence electrons. The third-order valence-corrected chi connectivity index (χ3v) is 6.25. The highest BCUT2D eigenvalue weighted by Crippen LogP contribution is 2.35. The molecule has 0 saturated carbocycles. The molecule has 28 heavy (non-hydrogen) atoms. The van der Waals surface area contributed by atoms with Crippen molar-refractivity contribution in [2.75, 3.05) is 4.72 Å². The van der Waals surface area contributed by atoms with Gasteiger partial charge in [0.2, 0.25) is 0 Å². The summed E-state index contributed by atoms with van der Waals surface area (Å²) in [7, 11) is -3.74. The molecule has 1 unspecified atom stereocenters. The molecule has 0 spiro atoms. The Morgan fingerprint density at radius 1 is 1.00 bits per heavy atom. The molecule has 0 aromatic heterocycles. The van der Waals surface area contributed by atoms with Gasteiger partial charge in [-0.3, -0.25) is 4.72 Å². The van der Waals surface area contributed by atoms with Gasteiger partial charge < -0.3 is 0 Å². The van der Waals surface area contributed by atoms with Crippen molar-refractivity contribution in [1.29, 1.82) is 5.26 Å². The van der Waals surface area contributed by atoms with Gasteiger partial charge in [-0.1, -0.05) is 59.6 Å². The molecule has 1 atom stereocenters. The number of nitriles is 1. The summed E-state index contributed by atoms with van der Waals surface area (Å²) >= 11 is 12.3. The predicted molar refractivity (Wildman–Crippen MR) is 112 cm³/mol. The molecule has 0 heterocycles. The monoisotopic (exact) mass is 430 g/mol. The van der Waals surface area contributed by atoms with Crippen LogP contribution in [0.15, 0.2) is 71.6 Å². The summed E-state index contributed by atoms with van der Waals surface area (Å²) in [6.07, 6.45) is 0. The summed E-state index contributed by atoms with van der Waals surface area (Å²) in [6.45, 7) is 1.76. The van der Waals surface area contributed by atoms with Gasteiger partial charge in [-0.05, 0) is 53.9 Å². The molecule has 3 aromatic rings. The fourth-order valence-corrected chi connectivity index (χ4v) is 4.36. The van der Waals surface area contributed by atoms with Crippen LogP contribution >= 0.6 is 23.2 Å². The summed E-state index contributed by atoms with van der Waals surface area (Å²) < 4.78 is 27.7. The zero-order chi connectivity index (χ0) is 20.3. The minimum absolute atomic E-state index is 0.158. The predicted octanol–water partition coefficient (Wildman–Crippen LogP) is 5.76. The number of nitrogens with one attached hydrogen (secondary N) is 1. The molecule has 0 amide bonds. The highest BCUT2D eigenvalue weighted by molar-refractivity contribution is 7.92. The summed E-state index contributed by atoms with van der Waals surface area (Å²) in [5.41, 5.74) is 2.39. The molecule has 7 heteroatoms. The first-order valence-corrected chi connectivity index (χ1v) is 10.6. The Morgan fingerprint density at radius 2 is 1.64 bits per heavy atom. The van der Waals surface area contributed by atoms with Crippen molar-refractivity contribution in [3.8, 4) is 6.07 Å². The van der Waals surface area contributed by atoms with E-state index in [1.807, 2.05) is 0 Å². The van der Waals surface area contributed by atoms with Crippen LogP contribution in [0.4, 0.5) is 5.69 Å². The fourth-order valence-electron chi connectivity index (χ4n) is 2.82. The summed E-state index contributed by atoms with van der Waals surface area (Å²) in [6, 6.07) is 20.6. The second-order valence-corrected chi connectivity index (χ2v) is 8.75. The third kappa shape index (κ3) is 4.31. The number of sulfonamides is 1. The molecule has 0 bridgehead atoms. The van der Waals surface area contributed by atoms with Crippen LogP contribution in [0.1, 0.15) is 22.6 Å². The lowest BCUT2D eigenvalue weighted by atomic mass is 9.91. The molecular formula is C21H16Cl2N2O2S. The van der Waals surface area contributed by atoms with Crippen molar-refractivity contribution in [3.05, 3.63) is 93.5 Å². The number of rotatable bonds is 5.